The molecule has 5 heteroatoms. The van der Waals surface area contributed by atoms with Crippen LogP contribution in [-0.2, 0) is 11.2 Å². The minimum atomic E-state index is -0.360. The van der Waals surface area contributed by atoms with Gasteiger partial charge in [0.1, 0.15) is 0 Å². The molecule has 0 saturated carbocycles. The number of carbonyl (C=O) groups is 1. The molecule has 0 spiro atoms. The molecule has 1 unspecified atom stereocenters. The van der Waals surface area contributed by atoms with Crippen LogP contribution in [0.1, 0.15) is 5.56 Å². The number of thiol groups is 1. The highest BCUT2D eigenvalue weighted by Crippen LogP contribution is 2.14. The van der Waals surface area contributed by atoms with Crippen molar-refractivity contribution in [2.24, 2.45) is 0 Å². The van der Waals surface area contributed by atoms with E-state index in [0.29, 0.717) is 11.6 Å². The molecule has 0 radical (unpaired) electrons. The van der Waals surface area contributed by atoms with E-state index in [0.717, 1.165) is 5.56 Å². The van der Waals surface area contributed by atoms with E-state index in [9.17, 15) is 4.79 Å². The highest BCUT2D eigenvalue weighted by Gasteiger charge is 2.15. The van der Waals surface area contributed by atoms with E-state index in [-0.39, 0.29) is 11.2 Å². The fraction of sp³-hybridized carbons (Fsp3) is 0.167. The van der Waals surface area contributed by atoms with Gasteiger partial charge in [0.25, 0.3) is 0 Å². The first-order chi connectivity index (χ1) is 8.25. The van der Waals surface area contributed by atoms with Crippen molar-refractivity contribution in [2.45, 2.75) is 11.7 Å². The summed E-state index contributed by atoms with van der Waals surface area (Å²) in [5.74, 6) is -0.118. The maximum absolute atomic E-state index is 11.8. The van der Waals surface area contributed by atoms with Gasteiger partial charge >= 0.3 is 0 Å². The van der Waals surface area contributed by atoms with Crippen LogP contribution in [0.3, 0.4) is 0 Å². The van der Waals surface area contributed by atoms with E-state index < -0.39 is 0 Å². The summed E-state index contributed by atoms with van der Waals surface area (Å²) in [5.41, 5.74) is 1.10. The Balaban J connectivity index is 1.92. The highest BCUT2D eigenvalue weighted by molar-refractivity contribution is 7.81. The highest BCUT2D eigenvalue weighted by atomic mass is 32.1. The minimum absolute atomic E-state index is 0.118. The molecule has 1 aromatic carbocycles. The predicted octanol–water partition coefficient (Wildman–Crippen LogP) is 2.62. The number of carbonyl (C=O) groups excluding carboxylic acids is 1. The molecule has 17 heavy (non-hydrogen) atoms. The second kappa shape index (κ2) is 5.84. The van der Waals surface area contributed by atoms with Crippen molar-refractivity contribution in [1.29, 1.82) is 0 Å². The predicted molar refractivity (Wildman–Crippen MR) is 73.7 cm³/mol. The Labute approximate surface area is 109 Å². The number of anilines is 1. The molecule has 0 saturated heterocycles. The summed E-state index contributed by atoms with van der Waals surface area (Å²) in [6, 6.07) is 9.83. The molecular formula is C12H12N2OS2. The van der Waals surface area contributed by atoms with Crippen LogP contribution >= 0.6 is 24.0 Å². The largest absolute Gasteiger partial charge is 0.301 e. The molecule has 1 aromatic heterocycles. The number of nitrogens with one attached hydrogen (secondary N) is 1. The van der Waals surface area contributed by atoms with Crippen molar-refractivity contribution in [2.75, 3.05) is 5.32 Å². The van der Waals surface area contributed by atoms with Crippen LogP contribution in [0.25, 0.3) is 0 Å². The summed E-state index contributed by atoms with van der Waals surface area (Å²) in [4.78, 5) is 15.8. The first-order valence-corrected chi connectivity index (χ1v) is 6.57. The molecule has 1 amide bonds. The standard InChI is InChI=1S/C12H12N2OS2/c15-11(14-12-13-6-7-17-12)10(16)8-9-4-2-1-3-5-9/h1-7,10,16H,8H2,(H,13,14,15). The first kappa shape index (κ1) is 12.1. The molecule has 1 atom stereocenters. The minimum Gasteiger partial charge on any atom is -0.301 e. The molecule has 0 bridgehead atoms. The number of thiazole rings is 1. The van der Waals surface area contributed by atoms with Crippen LogP contribution in [0.15, 0.2) is 41.9 Å². The Morgan fingerprint density at radius 2 is 2.18 bits per heavy atom. The second-order valence-electron chi connectivity index (χ2n) is 3.53. The Kier molecular flexibility index (Phi) is 4.17. The molecule has 2 aromatic rings. The fourth-order valence-corrected chi connectivity index (χ4v) is 2.21. The summed E-state index contributed by atoms with van der Waals surface area (Å²) >= 11 is 5.71. The van der Waals surface area contributed by atoms with E-state index in [4.69, 9.17) is 0 Å². The van der Waals surface area contributed by atoms with Gasteiger partial charge in [-0.2, -0.15) is 12.6 Å². The average molecular weight is 264 g/mol. The molecule has 3 nitrogen and oxygen atoms in total. The van der Waals surface area contributed by atoms with E-state index >= 15 is 0 Å². The molecule has 0 aliphatic rings. The Hall–Kier alpha value is -1.33. The van der Waals surface area contributed by atoms with Crippen LogP contribution in [0.5, 0.6) is 0 Å². The van der Waals surface area contributed by atoms with Crippen LogP contribution in [0.2, 0.25) is 0 Å². The van der Waals surface area contributed by atoms with E-state index in [1.807, 2.05) is 35.7 Å². The molecule has 2 rings (SSSR count). The lowest BCUT2D eigenvalue weighted by atomic mass is 10.1. The van der Waals surface area contributed by atoms with E-state index in [1.165, 1.54) is 11.3 Å². The van der Waals surface area contributed by atoms with Crippen molar-refractivity contribution in [1.82, 2.24) is 4.98 Å². The van der Waals surface area contributed by atoms with Crippen molar-refractivity contribution >= 4 is 35.0 Å². The van der Waals surface area contributed by atoms with Gasteiger partial charge in [0, 0.05) is 11.6 Å². The third-order valence-electron chi connectivity index (χ3n) is 2.24. The summed E-state index contributed by atoms with van der Waals surface area (Å²) in [5, 5.41) is 4.81. The molecule has 1 N–H and O–H groups in total. The second-order valence-corrected chi connectivity index (χ2v) is 5.05. The third kappa shape index (κ3) is 3.57. The number of rotatable bonds is 4. The Morgan fingerprint density at radius 3 is 2.82 bits per heavy atom. The summed E-state index contributed by atoms with van der Waals surface area (Å²) in [6.45, 7) is 0. The zero-order valence-electron chi connectivity index (χ0n) is 9.04. The first-order valence-electron chi connectivity index (χ1n) is 5.18. The van der Waals surface area contributed by atoms with Crippen molar-refractivity contribution in [3.05, 3.63) is 47.5 Å². The quantitative estimate of drug-likeness (QED) is 0.834. The van der Waals surface area contributed by atoms with Crippen LogP contribution in [0.4, 0.5) is 5.13 Å². The van der Waals surface area contributed by atoms with Crippen molar-refractivity contribution < 1.29 is 4.79 Å². The van der Waals surface area contributed by atoms with Crippen LogP contribution in [-0.4, -0.2) is 16.1 Å². The number of benzene rings is 1. The zero-order valence-corrected chi connectivity index (χ0v) is 10.7. The number of amides is 1. The maximum atomic E-state index is 11.8. The number of aromatic nitrogens is 1. The summed E-state index contributed by atoms with van der Waals surface area (Å²) < 4.78 is 0. The third-order valence-corrected chi connectivity index (χ3v) is 3.34. The molecule has 0 aliphatic carbocycles. The van der Waals surface area contributed by atoms with Gasteiger partial charge < -0.3 is 5.32 Å². The van der Waals surface area contributed by atoms with Gasteiger partial charge in [0.05, 0.1) is 5.25 Å². The number of nitrogens with zero attached hydrogens (tertiary/aromatic N) is 1. The normalized spacial score (nSPS) is 12.1. The monoisotopic (exact) mass is 264 g/mol. The van der Waals surface area contributed by atoms with Gasteiger partial charge in [0.2, 0.25) is 5.91 Å². The lowest BCUT2D eigenvalue weighted by molar-refractivity contribution is -0.115. The van der Waals surface area contributed by atoms with E-state index in [1.54, 1.807) is 6.20 Å². The van der Waals surface area contributed by atoms with Gasteiger partial charge in [-0.25, -0.2) is 4.98 Å². The molecule has 88 valence electrons. The van der Waals surface area contributed by atoms with Gasteiger partial charge in [0.15, 0.2) is 5.13 Å². The summed E-state index contributed by atoms with van der Waals surface area (Å²) in [7, 11) is 0. The van der Waals surface area contributed by atoms with E-state index in [2.05, 4.69) is 22.9 Å². The van der Waals surface area contributed by atoms with Crippen LogP contribution < -0.4 is 5.32 Å². The zero-order chi connectivity index (χ0) is 12.1. The lowest BCUT2D eigenvalue weighted by Crippen LogP contribution is -2.25. The van der Waals surface area contributed by atoms with Gasteiger partial charge in [-0.1, -0.05) is 30.3 Å². The van der Waals surface area contributed by atoms with Crippen molar-refractivity contribution in [3.63, 3.8) is 0 Å². The molecule has 0 aliphatic heterocycles. The molecular weight excluding hydrogens is 252 g/mol. The Bertz CT molecular complexity index is 471. The Morgan fingerprint density at radius 1 is 1.41 bits per heavy atom. The van der Waals surface area contributed by atoms with Crippen LogP contribution in [0, 0.1) is 0 Å². The number of hydrogen-bond donors (Lipinski definition) is 2. The SMILES string of the molecule is O=C(Nc1nccs1)C(S)Cc1ccccc1. The van der Waals surface area contributed by atoms with Gasteiger partial charge in [-0.05, 0) is 12.0 Å². The maximum Gasteiger partial charge on any atom is 0.239 e. The molecule has 1 heterocycles. The smallest absolute Gasteiger partial charge is 0.239 e. The fourth-order valence-electron chi connectivity index (χ4n) is 1.40. The number of hydrogen-bond acceptors (Lipinski definition) is 4. The lowest BCUT2D eigenvalue weighted by Gasteiger charge is -2.09. The topological polar surface area (TPSA) is 42.0 Å². The molecule has 0 fully saturated rings. The average Bonchev–Trinajstić information content (AvgIpc) is 2.83. The van der Waals surface area contributed by atoms with Crippen molar-refractivity contribution in [3.8, 4) is 0 Å². The van der Waals surface area contributed by atoms with Gasteiger partial charge in [-0.15, -0.1) is 11.3 Å². The van der Waals surface area contributed by atoms with Gasteiger partial charge in [-0.3, -0.25) is 4.79 Å². The summed E-state index contributed by atoms with van der Waals surface area (Å²) in [6.07, 6.45) is 2.27.